The van der Waals surface area contributed by atoms with E-state index < -0.39 is 4.33 Å². The molecule has 0 fully saturated rings. The van der Waals surface area contributed by atoms with Gasteiger partial charge in [-0.1, -0.05) is 77.3 Å². The molecule has 3 heteroatoms. The van der Waals surface area contributed by atoms with E-state index in [1.54, 1.807) is 12.1 Å². The third kappa shape index (κ3) is 3.38. The second kappa shape index (κ2) is 5.30. The van der Waals surface area contributed by atoms with E-state index in [0.29, 0.717) is 11.4 Å². The van der Waals surface area contributed by atoms with Crippen molar-refractivity contribution in [2.75, 3.05) is 0 Å². The van der Waals surface area contributed by atoms with Crippen LogP contribution in [0, 0.1) is 0 Å². The Kier molecular flexibility index (Phi) is 3.98. The minimum atomic E-state index is -0.952. The Hall–Kier alpha value is -0.690. The van der Waals surface area contributed by atoms with Crippen LogP contribution in [-0.2, 0) is 10.8 Å². The fourth-order valence-corrected chi connectivity index (χ4v) is 2.40. The van der Waals surface area contributed by atoms with E-state index in [4.69, 9.17) is 34.8 Å². The van der Waals surface area contributed by atoms with Crippen LogP contribution in [0.5, 0.6) is 0 Å². The highest BCUT2D eigenvalue weighted by Gasteiger charge is 2.26. The standard InChI is InChI=1S/C14H11Cl3/c15-13-8-4-7-12(9-13)14(16,17)10-11-5-2-1-3-6-11/h1-9H,10H2. The van der Waals surface area contributed by atoms with Crippen LogP contribution in [-0.4, -0.2) is 0 Å². The smallest absolute Gasteiger partial charge is 0.0959 e. The van der Waals surface area contributed by atoms with Crippen molar-refractivity contribution in [1.29, 1.82) is 0 Å². The van der Waals surface area contributed by atoms with Gasteiger partial charge in [-0.25, -0.2) is 0 Å². The Morgan fingerprint density at radius 1 is 0.882 bits per heavy atom. The summed E-state index contributed by atoms with van der Waals surface area (Å²) in [5.41, 5.74) is 1.91. The zero-order valence-electron chi connectivity index (χ0n) is 9.04. The van der Waals surface area contributed by atoms with Gasteiger partial charge in [0, 0.05) is 11.4 Å². The van der Waals surface area contributed by atoms with Crippen LogP contribution in [0.4, 0.5) is 0 Å². The molecule has 0 saturated carbocycles. The third-order valence-electron chi connectivity index (χ3n) is 2.52. The molecule has 0 heterocycles. The van der Waals surface area contributed by atoms with Crippen molar-refractivity contribution in [1.82, 2.24) is 0 Å². The highest BCUT2D eigenvalue weighted by atomic mass is 35.5. The normalized spacial score (nSPS) is 11.5. The summed E-state index contributed by atoms with van der Waals surface area (Å²) in [6.07, 6.45) is 0.553. The molecule has 0 aliphatic rings. The molecule has 2 rings (SSSR count). The Labute approximate surface area is 116 Å². The van der Waals surface area contributed by atoms with Gasteiger partial charge in [-0.3, -0.25) is 0 Å². The fraction of sp³-hybridized carbons (Fsp3) is 0.143. The number of hydrogen-bond donors (Lipinski definition) is 0. The Bertz CT molecular complexity index is 492. The molecule has 88 valence electrons. The molecule has 0 nitrogen and oxygen atoms in total. The molecule has 0 unspecified atom stereocenters. The molecule has 0 aliphatic heterocycles. The van der Waals surface area contributed by atoms with E-state index in [1.807, 2.05) is 42.5 Å². The highest BCUT2D eigenvalue weighted by Crippen LogP contribution is 2.38. The fourth-order valence-electron chi connectivity index (χ4n) is 1.67. The molecule has 0 spiro atoms. The van der Waals surface area contributed by atoms with Crippen molar-refractivity contribution < 1.29 is 0 Å². The van der Waals surface area contributed by atoms with Crippen LogP contribution in [0.25, 0.3) is 0 Å². The number of hydrogen-bond acceptors (Lipinski definition) is 0. The summed E-state index contributed by atoms with van der Waals surface area (Å²) < 4.78 is -0.952. The van der Waals surface area contributed by atoms with E-state index in [2.05, 4.69) is 0 Å². The Balaban J connectivity index is 2.25. The lowest BCUT2D eigenvalue weighted by Gasteiger charge is -2.20. The van der Waals surface area contributed by atoms with Crippen LogP contribution in [0.15, 0.2) is 54.6 Å². The van der Waals surface area contributed by atoms with Crippen molar-refractivity contribution in [3.05, 3.63) is 70.7 Å². The number of alkyl halides is 2. The molecule has 0 aliphatic carbocycles. The molecular formula is C14H11Cl3. The molecule has 0 N–H and O–H groups in total. The number of halogens is 3. The average molecular weight is 286 g/mol. The maximum absolute atomic E-state index is 6.37. The largest absolute Gasteiger partial charge is 0.147 e. The average Bonchev–Trinajstić information content (AvgIpc) is 2.30. The van der Waals surface area contributed by atoms with Gasteiger partial charge < -0.3 is 0 Å². The zero-order valence-corrected chi connectivity index (χ0v) is 11.3. The van der Waals surface area contributed by atoms with Gasteiger partial charge in [-0.15, -0.1) is 0 Å². The highest BCUT2D eigenvalue weighted by molar-refractivity contribution is 6.48. The van der Waals surface area contributed by atoms with Gasteiger partial charge >= 0.3 is 0 Å². The molecule has 0 bridgehead atoms. The first-order valence-electron chi connectivity index (χ1n) is 5.26. The first-order chi connectivity index (χ1) is 8.08. The SMILES string of the molecule is Clc1cccc(C(Cl)(Cl)Cc2ccccc2)c1. The zero-order chi connectivity index (χ0) is 12.3. The molecule has 0 saturated heterocycles. The predicted octanol–water partition coefficient (Wildman–Crippen LogP) is 5.21. The van der Waals surface area contributed by atoms with Crippen molar-refractivity contribution in [3.63, 3.8) is 0 Å². The Morgan fingerprint density at radius 3 is 2.24 bits per heavy atom. The molecule has 0 aromatic heterocycles. The second-order valence-corrected chi connectivity index (χ2v) is 5.80. The maximum Gasteiger partial charge on any atom is 0.147 e. The van der Waals surface area contributed by atoms with Crippen LogP contribution < -0.4 is 0 Å². The van der Waals surface area contributed by atoms with E-state index in [-0.39, 0.29) is 0 Å². The summed E-state index contributed by atoms with van der Waals surface area (Å²) in [6.45, 7) is 0. The molecule has 0 radical (unpaired) electrons. The summed E-state index contributed by atoms with van der Waals surface area (Å²) in [7, 11) is 0. The van der Waals surface area contributed by atoms with Gasteiger partial charge in [0.2, 0.25) is 0 Å². The summed E-state index contributed by atoms with van der Waals surface area (Å²) in [4.78, 5) is 0. The molecular weight excluding hydrogens is 275 g/mol. The summed E-state index contributed by atoms with van der Waals surface area (Å²) in [5, 5.41) is 0.640. The van der Waals surface area contributed by atoms with Crippen LogP contribution in [0.1, 0.15) is 11.1 Å². The van der Waals surface area contributed by atoms with Gasteiger partial charge in [0.15, 0.2) is 0 Å². The maximum atomic E-state index is 6.37. The summed E-state index contributed by atoms with van der Waals surface area (Å²) in [6, 6.07) is 17.2. The first-order valence-corrected chi connectivity index (χ1v) is 6.39. The van der Waals surface area contributed by atoms with Crippen molar-refractivity contribution >= 4 is 34.8 Å². The molecule has 2 aromatic carbocycles. The van der Waals surface area contributed by atoms with E-state index in [0.717, 1.165) is 11.1 Å². The monoisotopic (exact) mass is 284 g/mol. The van der Waals surface area contributed by atoms with Gasteiger partial charge in [0.25, 0.3) is 0 Å². The topological polar surface area (TPSA) is 0 Å². The predicted molar refractivity (Wildman–Crippen MR) is 75.0 cm³/mol. The molecule has 17 heavy (non-hydrogen) atoms. The quantitative estimate of drug-likeness (QED) is 0.679. The number of rotatable bonds is 3. The Morgan fingerprint density at radius 2 is 1.59 bits per heavy atom. The van der Waals surface area contributed by atoms with Crippen LogP contribution in [0.3, 0.4) is 0 Å². The van der Waals surface area contributed by atoms with Gasteiger partial charge in [-0.2, -0.15) is 0 Å². The lowest BCUT2D eigenvalue weighted by molar-refractivity contribution is 0.837. The van der Waals surface area contributed by atoms with E-state index in [1.165, 1.54) is 0 Å². The van der Waals surface area contributed by atoms with E-state index in [9.17, 15) is 0 Å². The summed E-state index contributed by atoms with van der Waals surface area (Å²) >= 11 is 18.7. The lowest BCUT2D eigenvalue weighted by atomic mass is 10.0. The number of benzene rings is 2. The van der Waals surface area contributed by atoms with Gasteiger partial charge in [0.1, 0.15) is 4.33 Å². The first kappa shape index (κ1) is 12.8. The second-order valence-electron chi connectivity index (χ2n) is 3.88. The summed E-state index contributed by atoms with van der Waals surface area (Å²) in [5.74, 6) is 0. The molecule has 2 aromatic rings. The molecule has 0 amide bonds. The van der Waals surface area contributed by atoms with Gasteiger partial charge in [-0.05, 0) is 23.3 Å². The van der Waals surface area contributed by atoms with E-state index >= 15 is 0 Å². The van der Waals surface area contributed by atoms with Crippen molar-refractivity contribution in [2.24, 2.45) is 0 Å². The minimum absolute atomic E-state index is 0.553. The van der Waals surface area contributed by atoms with Crippen LogP contribution >= 0.6 is 34.8 Å². The minimum Gasteiger partial charge on any atom is -0.0959 e. The van der Waals surface area contributed by atoms with Crippen molar-refractivity contribution in [2.45, 2.75) is 10.8 Å². The molecule has 0 atom stereocenters. The lowest BCUT2D eigenvalue weighted by Crippen LogP contribution is -2.13. The van der Waals surface area contributed by atoms with Crippen LogP contribution in [0.2, 0.25) is 5.02 Å². The van der Waals surface area contributed by atoms with Crippen molar-refractivity contribution in [3.8, 4) is 0 Å². The third-order valence-corrected chi connectivity index (χ3v) is 3.45. The van der Waals surface area contributed by atoms with Gasteiger partial charge in [0.05, 0.1) is 0 Å².